The van der Waals surface area contributed by atoms with E-state index in [1.165, 1.54) is 23.9 Å². The quantitative estimate of drug-likeness (QED) is 0.394. The molecule has 0 aliphatic rings. The minimum absolute atomic E-state index is 0.0301. The lowest BCUT2D eigenvalue weighted by Crippen LogP contribution is -2.30. The van der Waals surface area contributed by atoms with Crippen LogP contribution >= 0.6 is 23.4 Å². The Hall–Kier alpha value is -2.25. The number of hydrogen-bond acceptors (Lipinski definition) is 5. The molecule has 8 heteroatoms. The third-order valence-electron chi connectivity index (χ3n) is 3.25. The molecule has 0 radical (unpaired) electrons. The van der Waals surface area contributed by atoms with Crippen LogP contribution in [0.15, 0.2) is 48.5 Å². The van der Waals surface area contributed by atoms with Crippen LogP contribution in [-0.4, -0.2) is 29.7 Å². The van der Waals surface area contributed by atoms with E-state index in [2.05, 4.69) is 10.6 Å². The molecular weight excluding hydrogens is 362 g/mol. The second-order valence-corrected chi connectivity index (χ2v) is 6.63. The molecular formula is C17H18ClN3O3S. The van der Waals surface area contributed by atoms with Crippen molar-refractivity contribution in [2.45, 2.75) is 5.75 Å². The molecule has 0 bridgehead atoms. The van der Waals surface area contributed by atoms with E-state index in [0.717, 1.165) is 17.0 Å². The van der Waals surface area contributed by atoms with E-state index in [9.17, 15) is 14.9 Å². The second-order valence-electron chi connectivity index (χ2n) is 5.20. The molecule has 2 N–H and O–H groups in total. The van der Waals surface area contributed by atoms with E-state index in [0.29, 0.717) is 23.9 Å². The van der Waals surface area contributed by atoms with Crippen LogP contribution in [0.2, 0.25) is 5.02 Å². The Labute approximate surface area is 155 Å². The van der Waals surface area contributed by atoms with Crippen molar-refractivity contribution in [2.75, 3.05) is 24.2 Å². The predicted molar refractivity (Wildman–Crippen MR) is 102 cm³/mol. The molecule has 0 aliphatic carbocycles. The number of nitro benzene ring substituents is 1. The Morgan fingerprint density at radius 2 is 1.92 bits per heavy atom. The van der Waals surface area contributed by atoms with Gasteiger partial charge < -0.3 is 10.6 Å². The normalized spacial score (nSPS) is 10.3. The maximum absolute atomic E-state index is 11.8. The third kappa shape index (κ3) is 7.03. The molecule has 0 aliphatic heterocycles. The predicted octanol–water partition coefficient (Wildman–Crippen LogP) is 3.71. The summed E-state index contributed by atoms with van der Waals surface area (Å²) in [6.45, 7) is 1.02. The first-order valence-corrected chi connectivity index (χ1v) is 9.15. The summed E-state index contributed by atoms with van der Waals surface area (Å²) >= 11 is 7.44. The number of hydrogen-bond donors (Lipinski definition) is 2. The zero-order valence-corrected chi connectivity index (χ0v) is 15.0. The summed E-state index contributed by atoms with van der Waals surface area (Å²) in [5.74, 6) is 1.08. The average Bonchev–Trinajstić information content (AvgIpc) is 2.59. The summed E-state index contributed by atoms with van der Waals surface area (Å²) in [4.78, 5) is 21.9. The number of thioether (sulfide) groups is 1. The van der Waals surface area contributed by atoms with E-state index < -0.39 is 4.92 Å². The lowest BCUT2D eigenvalue weighted by molar-refractivity contribution is -0.384. The SMILES string of the molecule is O=C(CSCc1cccc(Cl)c1)NCCNc1ccc([N+](=O)[O-])cc1. The largest absolute Gasteiger partial charge is 0.383 e. The number of nitro groups is 1. The molecule has 0 saturated heterocycles. The molecule has 0 atom stereocenters. The number of halogens is 1. The second kappa shape index (κ2) is 9.90. The zero-order chi connectivity index (χ0) is 18.1. The third-order valence-corrected chi connectivity index (χ3v) is 4.48. The van der Waals surface area contributed by atoms with Crippen LogP contribution in [0.25, 0.3) is 0 Å². The van der Waals surface area contributed by atoms with Crippen LogP contribution < -0.4 is 10.6 Å². The van der Waals surface area contributed by atoms with Gasteiger partial charge in [-0.3, -0.25) is 14.9 Å². The van der Waals surface area contributed by atoms with E-state index in [1.807, 2.05) is 24.3 Å². The van der Waals surface area contributed by atoms with Crippen LogP contribution in [0.3, 0.4) is 0 Å². The van der Waals surface area contributed by atoms with Gasteiger partial charge in [0.1, 0.15) is 0 Å². The lowest BCUT2D eigenvalue weighted by atomic mass is 10.2. The standard InChI is InChI=1S/C17H18ClN3O3S/c18-14-3-1-2-13(10-14)11-25-12-17(22)20-9-8-19-15-4-6-16(7-5-15)21(23)24/h1-7,10,19H,8-9,11-12H2,(H,20,22). The van der Waals surface area contributed by atoms with Gasteiger partial charge in [-0.15, -0.1) is 11.8 Å². The summed E-state index contributed by atoms with van der Waals surface area (Å²) in [6.07, 6.45) is 0. The molecule has 2 aromatic rings. The molecule has 0 saturated carbocycles. The van der Waals surface area contributed by atoms with Crippen LogP contribution in [0, 0.1) is 10.1 Å². The van der Waals surface area contributed by atoms with Gasteiger partial charge in [-0.05, 0) is 29.8 Å². The van der Waals surface area contributed by atoms with Gasteiger partial charge in [0, 0.05) is 41.7 Å². The molecule has 0 unspecified atom stereocenters. The highest BCUT2D eigenvalue weighted by Crippen LogP contribution is 2.16. The van der Waals surface area contributed by atoms with Gasteiger partial charge >= 0.3 is 0 Å². The van der Waals surface area contributed by atoms with Crippen LogP contribution in [0.1, 0.15) is 5.56 Å². The molecule has 2 rings (SSSR count). The van der Waals surface area contributed by atoms with Gasteiger partial charge in [-0.2, -0.15) is 0 Å². The number of benzene rings is 2. The Kier molecular flexibility index (Phi) is 7.56. The van der Waals surface area contributed by atoms with E-state index in [1.54, 1.807) is 12.1 Å². The molecule has 0 spiro atoms. The topological polar surface area (TPSA) is 84.3 Å². The highest BCUT2D eigenvalue weighted by Gasteiger charge is 2.04. The molecule has 25 heavy (non-hydrogen) atoms. The minimum atomic E-state index is -0.439. The fraction of sp³-hybridized carbons (Fsp3) is 0.235. The van der Waals surface area contributed by atoms with Gasteiger partial charge in [0.05, 0.1) is 10.7 Å². The Balaban J connectivity index is 1.59. The number of anilines is 1. The van der Waals surface area contributed by atoms with Crippen molar-refractivity contribution in [3.63, 3.8) is 0 Å². The zero-order valence-electron chi connectivity index (χ0n) is 13.4. The highest BCUT2D eigenvalue weighted by molar-refractivity contribution is 7.99. The summed E-state index contributed by atoms with van der Waals surface area (Å²) in [5.41, 5.74) is 1.91. The molecule has 132 valence electrons. The molecule has 0 fully saturated rings. The number of nitrogens with one attached hydrogen (secondary N) is 2. The smallest absolute Gasteiger partial charge is 0.269 e. The van der Waals surface area contributed by atoms with Gasteiger partial charge in [0.15, 0.2) is 0 Å². The molecule has 6 nitrogen and oxygen atoms in total. The van der Waals surface area contributed by atoms with E-state index in [-0.39, 0.29) is 11.6 Å². The molecule has 1 amide bonds. The summed E-state index contributed by atoms with van der Waals surface area (Å²) in [6, 6.07) is 13.7. The van der Waals surface area contributed by atoms with Gasteiger partial charge in [0.25, 0.3) is 5.69 Å². The lowest BCUT2D eigenvalue weighted by Gasteiger charge is -2.08. The van der Waals surface area contributed by atoms with Crippen molar-refractivity contribution in [1.29, 1.82) is 0 Å². The van der Waals surface area contributed by atoms with Crippen molar-refractivity contribution in [3.05, 3.63) is 69.2 Å². The summed E-state index contributed by atoms with van der Waals surface area (Å²) in [7, 11) is 0. The van der Waals surface area contributed by atoms with Crippen molar-refractivity contribution < 1.29 is 9.72 Å². The molecule has 0 aromatic heterocycles. The van der Waals surface area contributed by atoms with Crippen molar-refractivity contribution in [2.24, 2.45) is 0 Å². The van der Waals surface area contributed by atoms with Crippen LogP contribution in [-0.2, 0) is 10.5 Å². The Bertz CT molecular complexity index is 725. The van der Waals surface area contributed by atoms with Gasteiger partial charge in [-0.1, -0.05) is 23.7 Å². The van der Waals surface area contributed by atoms with Crippen molar-refractivity contribution >= 4 is 40.6 Å². The summed E-state index contributed by atoms with van der Waals surface area (Å²) in [5, 5.41) is 17.2. The van der Waals surface area contributed by atoms with Crippen LogP contribution in [0.4, 0.5) is 11.4 Å². The summed E-state index contributed by atoms with van der Waals surface area (Å²) < 4.78 is 0. The minimum Gasteiger partial charge on any atom is -0.383 e. The maximum atomic E-state index is 11.8. The first-order chi connectivity index (χ1) is 12.0. The fourth-order valence-corrected chi connectivity index (χ4v) is 3.07. The Morgan fingerprint density at radius 3 is 2.60 bits per heavy atom. The molecule has 0 heterocycles. The van der Waals surface area contributed by atoms with Gasteiger partial charge in [-0.25, -0.2) is 0 Å². The fourth-order valence-electron chi connectivity index (χ4n) is 2.05. The highest BCUT2D eigenvalue weighted by atomic mass is 35.5. The van der Waals surface area contributed by atoms with Gasteiger partial charge in [0.2, 0.25) is 5.91 Å². The number of nitrogens with zero attached hydrogens (tertiary/aromatic N) is 1. The van der Waals surface area contributed by atoms with E-state index >= 15 is 0 Å². The number of carbonyl (C=O) groups is 1. The number of carbonyl (C=O) groups excluding carboxylic acids is 1. The number of non-ortho nitro benzene ring substituents is 1. The monoisotopic (exact) mass is 379 g/mol. The first-order valence-electron chi connectivity index (χ1n) is 7.62. The first kappa shape index (κ1) is 19.1. The number of rotatable bonds is 9. The van der Waals surface area contributed by atoms with Crippen molar-refractivity contribution in [1.82, 2.24) is 5.32 Å². The van der Waals surface area contributed by atoms with Crippen LogP contribution in [0.5, 0.6) is 0 Å². The van der Waals surface area contributed by atoms with Crippen molar-refractivity contribution in [3.8, 4) is 0 Å². The number of amides is 1. The maximum Gasteiger partial charge on any atom is 0.269 e. The van der Waals surface area contributed by atoms with E-state index in [4.69, 9.17) is 11.6 Å². The molecule has 2 aromatic carbocycles. The Morgan fingerprint density at radius 1 is 1.16 bits per heavy atom. The average molecular weight is 380 g/mol.